The molecule has 1 amide bonds. The summed E-state index contributed by atoms with van der Waals surface area (Å²) < 4.78 is 39.8. The third kappa shape index (κ3) is 3.11. The zero-order valence-electron chi connectivity index (χ0n) is 8.28. The lowest BCUT2D eigenvalue weighted by atomic mass is 10.3. The summed E-state index contributed by atoms with van der Waals surface area (Å²) in [6.45, 7) is -0.478. The van der Waals surface area contributed by atoms with Crippen molar-refractivity contribution in [2.75, 3.05) is 19.3 Å². The van der Waals surface area contributed by atoms with Gasteiger partial charge in [-0.2, -0.15) is 13.2 Å². The van der Waals surface area contributed by atoms with Crippen LogP contribution in [0.5, 0.6) is 0 Å². The van der Waals surface area contributed by atoms with Crippen molar-refractivity contribution >= 4 is 11.7 Å². The molecule has 0 aromatic carbocycles. The third-order valence-corrected chi connectivity index (χ3v) is 1.79. The van der Waals surface area contributed by atoms with Crippen molar-refractivity contribution < 1.29 is 22.6 Å². The van der Waals surface area contributed by atoms with Crippen molar-refractivity contribution in [2.24, 2.45) is 0 Å². The maximum absolute atomic E-state index is 11.9. The van der Waals surface area contributed by atoms with Crippen molar-refractivity contribution in [2.45, 2.75) is 12.6 Å². The molecule has 6 nitrogen and oxygen atoms in total. The number of hydrogen-bond acceptors (Lipinski definition) is 5. The number of amides is 1. The number of rotatable bonds is 3. The van der Waals surface area contributed by atoms with Crippen molar-refractivity contribution in [3.8, 4) is 0 Å². The zero-order chi connectivity index (χ0) is 12.3. The van der Waals surface area contributed by atoms with E-state index in [2.05, 4.69) is 14.9 Å². The van der Waals surface area contributed by atoms with E-state index in [1.54, 1.807) is 0 Å². The molecule has 90 valence electrons. The molecule has 1 aromatic heterocycles. The van der Waals surface area contributed by atoms with E-state index in [0.717, 1.165) is 4.90 Å². The Hall–Kier alpha value is -1.80. The highest BCUT2D eigenvalue weighted by Gasteiger charge is 2.29. The summed E-state index contributed by atoms with van der Waals surface area (Å²) in [5.74, 6) is -1.01. The number of alkyl halides is 3. The van der Waals surface area contributed by atoms with Crippen molar-refractivity contribution in [1.82, 2.24) is 15.2 Å². The van der Waals surface area contributed by atoms with Crippen molar-refractivity contribution in [3.63, 3.8) is 0 Å². The van der Waals surface area contributed by atoms with Gasteiger partial charge in [-0.05, 0) is 10.3 Å². The molecule has 0 unspecified atom stereocenters. The van der Waals surface area contributed by atoms with Gasteiger partial charge < -0.3 is 10.6 Å². The minimum absolute atomic E-state index is 0.246. The largest absolute Gasteiger partial charge is 0.390 e. The first-order chi connectivity index (χ1) is 7.31. The van der Waals surface area contributed by atoms with Gasteiger partial charge in [0, 0.05) is 13.6 Å². The molecule has 9 heteroatoms. The highest BCUT2D eigenvalue weighted by atomic mass is 19.4. The van der Waals surface area contributed by atoms with Crippen LogP contribution in [-0.2, 0) is 0 Å². The molecule has 0 bridgehead atoms. The Bertz CT molecular complexity index is 376. The topological polar surface area (TPSA) is 85.2 Å². The number of carbonyl (C=O) groups is 1. The second-order valence-corrected chi connectivity index (χ2v) is 3.09. The van der Waals surface area contributed by atoms with E-state index in [0.29, 0.717) is 0 Å². The quantitative estimate of drug-likeness (QED) is 0.836. The molecule has 0 saturated heterocycles. The predicted octanol–water partition coefficient (Wildman–Crippen LogP) is 0.676. The predicted molar refractivity (Wildman–Crippen MR) is 46.3 cm³/mol. The zero-order valence-corrected chi connectivity index (χ0v) is 8.28. The molecule has 0 spiro atoms. The van der Waals surface area contributed by atoms with Crippen molar-refractivity contribution in [1.29, 1.82) is 0 Å². The molecule has 2 N–H and O–H groups in total. The van der Waals surface area contributed by atoms with E-state index in [-0.39, 0.29) is 11.5 Å². The van der Waals surface area contributed by atoms with Crippen LogP contribution < -0.4 is 5.73 Å². The lowest BCUT2D eigenvalue weighted by Crippen LogP contribution is -2.31. The lowest BCUT2D eigenvalue weighted by molar-refractivity contribution is -0.136. The van der Waals surface area contributed by atoms with E-state index >= 15 is 0 Å². The number of hydrogen-bond donors (Lipinski definition) is 1. The molecule has 16 heavy (non-hydrogen) atoms. The summed E-state index contributed by atoms with van der Waals surface area (Å²) in [6, 6.07) is 0. The Morgan fingerprint density at radius 1 is 1.50 bits per heavy atom. The Balaban J connectivity index is 2.59. The molecule has 0 aliphatic rings. The minimum Gasteiger partial charge on any atom is -0.379 e. The second-order valence-electron chi connectivity index (χ2n) is 3.09. The lowest BCUT2D eigenvalue weighted by Gasteiger charge is -2.16. The first kappa shape index (κ1) is 12.3. The van der Waals surface area contributed by atoms with E-state index < -0.39 is 25.0 Å². The summed E-state index contributed by atoms with van der Waals surface area (Å²) in [5.41, 5.74) is 4.94. The Morgan fingerprint density at radius 3 is 2.56 bits per heavy atom. The van der Waals surface area contributed by atoms with Gasteiger partial charge in [-0.25, -0.2) is 4.63 Å². The molecule has 1 rings (SSSR count). The van der Waals surface area contributed by atoms with Gasteiger partial charge in [0.05, 0.1) is 6.42 Å². The Kier molecular flexibility index (Phi) is 3.35. The molecule has 0 saturated carbocycles. The SMILES string of the molecule is CN(CCC(F)(F)F)C(=O)c1nonc1N. The van der Waals surface area contributed by atoms with Gasteiger partial charge in [-0.3, -0.25) is 4.79 Å². The maximum Gasteiger partial charge on any atom is 0.390 e. The number of anilines is 1. The van der Waals surface area contributed by atoms with Gasteiger partial charge in [0.2, 0.25) is 11.5 Å². The van der Waals surface area contributed by atoms with E-state index in [4.69, 9.17) is 5.73 Å². The molecular weight excluding hydrogens is 229 g/mol. The maximum atomic E-state index is 11.9. The van der Waals surface area contributed by atoms with Gasteiger partial charge in [0.15, 0.2) is 0 Å². The van der Waals surface area contributed by atoms with Gasteiger partial charge in [0.25, 0.3) is 5.91 Å². The van der Waals surface area contributed by atoms with E-state index in [1.807, 2.05) is 0 Å². The summed E-state index contributed by atoms with van der Waals surface area (Å²) in [5, 5.41) is 6.35. The third-order valence-electron chi connectivity index (χ3n) is 1.79. The first-order valence-electron chi connectivity index (χ1n) is 4.21. The average molecular weight is 238 g/mol. The smallest absolute Gasteiger partial charge is 0.379 e. The second kappa shape index (κ2) is 4.37. The number of nitrogens with two attached hydrogens (primary N) is 1. The highest BCUT2D eigenvalue weighted by molar-refractivity contribution is 5.95. The summed E-state index contributed by atoms with van der Waals surface area (Å²) in [6.07, 6.45) is -5.41. The van der Waals surface area contributed by atoms with Crippen LogP contribution in [0, 0.1) is 0 Å². The van der Waals surface area contributed by atoms with Gasteiger partial charge >= 0.3 is 6.18 Å². The standard InChI is InChI=1S/C7H9F3N4O2/c1-14(3-2-7(8,9)10)6(15)4-5(11)13-16-12-4/h2-3H2,1H3,(H2,11,13). The normalized spacial score (nSPS) is 11.5. The summed E-state index contributed by atoms with van der Waals surface area (Å²) in [7, 11) is 1.21. The van der Waals surface area contributed by atoms with Crippen LogP contribution >= 0.6 is 0 Å². The van der Waals surface area contributed by atoms with Crippen LogP contribution in [0.1, 0.15) is 16.9 Å². The fourth-order valence-corrected chi connectivity index (χ4v) is 0.921. The van der Waals surface area contributed by atoms with Crippen LogP contribution in [0.2, 0.25) is 0 Å². The molecular formula is C7H9F3N4O2. The summed E-state index contributed by atoms with van der Waals surface area (Å²) >= 11 is 0. The Morgan fingerprint density at radius 2 is 2.12 bits per heavy atom. The van der Waals surface area contributed by atoms with Crippen LogP contribution in [0.3, 0.4) is 0 Å². The van der Waals surface area contributed by atoms with E-state index in [1.165, 1.54) is 7.05 Å². The monoisotopic (exact) mass is 238 g/mol. The Labute approximate surface area is 88.2 Å². The fraction of sp³-hybridized carbons (Fsp3) is 0.571. The first-order valence-corrected chi connectivity index (χ1v) is 4.21. The van der Waals surface area contributed by atoms with Gasteiger partial charge in [-0.1, -0.05) is 0 Å². The molecule has 1 aromatic rings. The van der Waals surface area contributed by atoms with Crippen molar-refractivity contribution in [3.05, 3.63) is 5.69 Å². The number of aromatic nitrogens is 2. The molecule has 1 heterocycles. The van der Waals surface area contributed by atoms with E-state index in [9.17, 15) is 18.0 Å². The number of halogens is 3. The number of nitrogens with zero attached hydrogens (tertiary/aromatic N) is 3. The van der Waals surface area contributed by atoms with Gasteiger partial charge in [0.1, 0.15) is 0 Å². The van der Waals surface area contributed by atoms with Crippen LogP contribution in [0.25, 0.3) is 0 Å². The van der Waals surface area contributed by atoms with Crippen LogP contribution in [-0.4, -0.2) is 40.9 Å². The molecule has 0 fully saturated rings. The van der Waals surface area contributed by atoms with Crippen LogP contribution in [0.15, 0.2) is 4.63 Å². The summed E-state index contributed by atoms with van der Waals surface area (Å²) in [4.78, 5) is 12.3. The molecule has 0 aliphatic carbocycles. The number of nitrogen functional groups attached to an aromatic ring is 1. The number of carbonyl (C=O) groups excluding carboxylic acids is 1. The molecule has 0 radical (unpaired) electrons. The minimum atomic E-state index is -4.32. The molecule has 0 atom stereocenters. The van der Waals surface area contributed by atoms with Crippen LogP contribution in [0.4, 0.5) is 19.0 Å². The average Bonchev–Trinajstić information content (AvgIpc) is 2.58. The molecule has 0 aliphatic heterocycles. The fourth-order valence-electron chi connectivity index (χ4n) is 0.921. The highest BCUT2D eigenvalue weighted by Crippen LogP contribution is 2.20. The van der Waals surface area contributed by atoms with Gasteiger partial charge in [-0.15, -0.1) is 0 Å².